The second-order valence-corrected chi connectivity index (χ2v) is 9.23. The number of aliphatic hydroxyl groups excluding tert-OH is 2. The zero-order valence-electron chi connectivity index (χ0n) is 18.7. The number of aromatic nitrogens is 2. The summed E-state index contributed by atoms with van der Waals surface area (Å²) in [6.07, 6.45) is -6.03. The number of rotatable bonds is 7. The lowest BCUT2D eigenvalue weighted by atomic mass is 10.1. The number of nitrogens with two attached hydrogens (primary N) is 1. The average molecular weight is 510 g/mol. The molecule has 190 valence electrons. The lowest BCUT2D eigenvalue weighted by Crippen LogP contribution is -2.51. The Morgan fingerprint density at radius 3 is 2.54 bits per heavy atom. The Morgan fingerprint density at radius 2 is 1.91 bits per heavy atom. The first-order valence-corrected chi connectivity index (χ1v) is 12.1. The quantitative estimate of drug-likeness (QED) is 0.236. The smallest absolute Gasteiger partial charge is 0.469 e. The molecule has 0 amide bonds. The van der Waals surface area contributed by atoms with Crippen molar-refractivity contribution in [3.63, 3.8) is 0 Å². The first-order valence-electron chi connectivity index (χ1n) is 10.6. The highest BCUT2D eigenvalue weighted by molar-refractivity contribution is 7.46. The molecule has 3 heterocycles. The van der Waals surface area contributed by atoms with E-state index in [1.807, 2.05) is 19.1 Å². The highest BCUT2D eigenvalue weighted by atomic mass is 31.2. The molecule has 1 aromatic carbocycles. The van der Waals surface area contributed by atoms with Crippen molar-refractivity contribution in [3.8, 4) is 5.88 Å². The number of benzene rings is 1. The number of azo groups is 1. The molecule has 35 heavy (non-hydrogen) atoms. The molecule has 0 spiro atoms. The van der Waals surface area contributed by atoms with Crippen LogP contribution in [0.5, 0.6) is 5.88 Å². The zero-order valence-corrected chi connectivity index (χ0v) is 19.6. The molecule has 2 unspecified atom stereocenters. The molecule has 1 saturated heterocycles. The number of aliphatic hydroxyl groups is 2. The molecule has 0 radical (unpaired) electrons. The highest BCUT2D eigenvalue weighted by Gasteiger charge is 2.52. The summed E-state index contributed by atoms with van der Waals surface area (Å²) in [5, 5.41) is 42.3. The van der Waals surface area contributed by atoms with Crippen molar-refractivity contribution in [2.45, 2.75) is 44.2 Å². The van der Waals surface area contributed by atoms with E-state index in [4.69, 9.17) is 20.3 Å². The van der Waals surface area contributed by atoms with Crippen LogP contribution in [-0.4, -0.2) is 74.5 Å². The van der Waals surface area contributed by atoms with Crippen molar-refractivity contribution in [1.82, 2.24) is 9.97 Å². The first-order chi connectivity index (χ1) is 16.5. The van der Waals surface area contributed by atoms with Crippen molar-refractivity contribution in [2.24, 2.45) is 10.2 Å². The summed E-state index contributed by atoms with van der Waals surface area (Å²) in [6, 6.07) is 7.33. The van der Waals surface area contributed by atoms with Crippen LogP contribution in [0.2, 0.25) is 0 Å². The normalized spacial score (nSPS) is 26.6. The van der Waals surface area contributed by atoms with Gasteiger partial charge in [-0.05, 0) is 24.1 Å². The van der Waals surface area contributed by atoms with E-state index in [9.17, 15) is 19.9 Å². The zero-order chi connectivity index (χ0) is 25.5. The predicted molar refractivity (Wildman–Crippen MR) is 120 cm³/mol. The van der Waals surface area contributed by atoms with Crippen LogP contribution in [0.4, 0.5) is 23.1 Å². The number of hydrogen-bond donors (Lipinski definition) is 5. The number of phosphoric ester groups is 1. The molecule has 6 N–H and O–H groups in total. The minimum absolute atomic E-state index is 0.0110. The van der Waals surface area contributed by atoms with Gasteiger partial charge in [0.15, 0.2) is 12.0 Å². The maximum absolute atomic E-state index is 12.6. The number of phosphoric acid groups is 1. The third-order valence-electron chi connectivity index (χ3n) is 5.68. The molecule has 2 aliphatic rings. The average Bonchev–Trinajstić information content (AvgIpc) is 3.23. The van der Waals surface area contributed by atoms with Crippen LogP contribution in [0.25, 0.3) is 0 Å². The standard InChI is InChI=1S/C19H26N7O8P/c1-3-9-4-6-10(7-5-9)23-24-19-25(2)12-15(21-18(20)22-16(12)29)26(19)17-14(28)13(27)11(34-17)8-33-35(30,31)32/h4-7,11,13-14,17,19,27-28H,3,8H2,1-2H3,(H2,30,31,32)(H3,20,21,22,29)/p-1/t11-,13?,14+,17-,19?/m1/s1. The third kappa shape index (κ3) is 5.06. The van der Waals surface area contributed by atoms with Crippen molar-refractivity contribution in [3.05, 3.63) is 29.8 Å². The molecular weight excluding hydrogens is 485 g/mol. The van der Waals surface area contributed by atoms with Gasteiger partial charge in [-0.1, -0.05) is 19.1 Å². The lowest BCUT2D eigenvalue weighted by Gasteiger charge is -2.32. The Hall–Kier alpha value is -2.91. The van der Waals surface area contributed by atoms with Gasteiger partial charge in [0.1, 0.15) is 18.3 Å². The maximum atomic E-state index is 12.6. The van der Waals surface area contributed by atoms with Gasteiger partial charge in [-0.15, -0.1) is 5.11 Å². The van der Waals surface area contributed by atoms with Gasteiger partial charge in [-0.2, -0.15) is 10.1 Å². The molecule has 5 atom stereocenters. The number of nitrogens with zero attached hydrogens (tertiary/aromatic N) is 6. The summed E-state index contributed by atoms with van der Waals surface area (Å²) in [7, 11) is -3.32. The fourth-order valence-corrected chi connectivity index (χ4v) is 4.25. The number of fused-ring (bicyclic) bond motifs is 1. The molecule has 0 bridgehead atoms. The van der Waals surface area contributed by atoms with E-state index in [1.54, 1.807) is 12.1 Å². The van der Waals surface area contributed by atoms with Crippen molar-refractivity contribution >= 4 is 31.0 Å². The summed E-state index contributed by atoms with van der Waals surface area (Å²) >= 11 is 0. The van der Waals surface area contributed by atoms with E-state index in [1.165, 1.54) is 16.8 Å². The van der Waals surface area contributed by atoms with Crippen LogP contribution in [0.3, 0.4) is 0 Å². The molecule has 1 fully saturated rings. The fraction of sp³-hybridized carbons (Fsp3) is 0.474. The topological polar surface area (TPSA) is 223 Å². The Kier molecular flexibility index (Phi) is 6.92. The van der Waals surface area contributed by atoms with Gasteiger partial charge in [0.25, 0.3) is 0 Å². The summed E-state index contributed by atoms with van der Waals surface area (Å²) in [6.45, 7) is 1.32. The molecule has 0 saturated carbocycles. The van der Waals surface area contributed by atoms with E-state index in [-0.39, 0.29) is 17.5 Å². The molecule has 2 aromatic rings. The van der Waals surface area contributed by atoms with Gasteiger partial charge in [0.2, 0.25) is 12.2 Å². The van der Waals surface area contributed by atoms with Gasteiger partial charge in [-0.3, -0.25) is 9.42 Å². The Bertz CT molecular complexity index is 1150. The predicted octanol–water partition coefficient (Wildman–Crippen LogP) is -0.425. The molecular formula is C19H25N7O8P-. The van der Waals surface area contributed by atoms with Crippen LogP contribution in [0.1, 0.15) is 12.5 Å². The van der Waals surface area contributed by atoms with Gasteiger partial charge < -0.3 is 40.5 Å². The number of hydrogen-bond acceptors (Lipinski definition) is 13. The van der Waals surface area contributed by atoms with Crippen molar-refractivity contribution < 1.29 is 38.9 Å². The van der Waals surface area contributed by atoms with Crippen molar-refractivity contribution in [2.75, 3.05) is 29.2 Å². The van der Waals surface area contributed by atoms with E-state index in [0.717, 1.165) is 12.0 Å². The van der Waals surface area contributed by atoms with Crippen LogP contribution in [0.15, 0.2) is 34.5 Å². The minimum atomic E-state index is -4.86. The second kappa shape index (κ2) is 9.62. The van der Waals surface area contributed by atoms with Crippen molar-refractivity contribution in [1.29, 1.82) is 0 Å². The van der Waals surface area contributed by atoms with Gasteiger partial charge >= 0.3 is 7.82 Å². The number of anilines is 3. The van der Waals surface area contributed by atoms with Gasteiger partial charge in [0, 0.05) is 12.9 Å². The number of ether oxygens (including phenoxy) is 1. The SMILES string of the molecule is CCc1ccc(N=NC2N(C)c3c([O-])nc(N)nc3N2[C@@H]2O[C@H](COP(=O)(O)O)C(O)[C@@H]2O)cc1. The largest absolute Gasteiger partial charge is 0.857 e. The van der Waals surface area contributed by atoms with Crippen LogP contribution >= 0.6 is 7.82 Å². The fourth-order valence-electron chi connectivity index (χ4n) is 3.91. The number of nitrogen functional groups attached to an aromatic ring is 1. The lowest BCUT2D eigenvalue weighted by molar-refractivity contribution is -0.273. The second-order valence-electron chi connectivity index (χ2n) is 7.99. The Morgan fingerprint density at radius 1 is 1.23 bits per heavy atom. The van der Waals surface area contributed by atoms with E-state index < -0.39 is 51.1 Å². The van der Waals surface area contributed by atoms with Crippen LogP contribution in [-0.2, 0) is 20.2 Å². The minimum Gasteiger partial charge on any atom is -0.857 e. The summed E-state index contributed by atoms with van der Waals surface area (Å²) in [4.78, 5) is 28.4. The summed E-state index contributed by atoms with van der Waals surface area (Å²) in [5.41, 5.74) is 7.34. The van der Waals surface area contributed by atoms with E-state index >= 15 is 0 Å². The molecule has 2 aliphatic heterocycles. The molecule has 0 aliphatic carbocycles. The number of aryl methyl sites for hydroxylation is 1. The summed E-state index contributed by atoms with van der Waals surface area (Å²) < 4.78 is 21.2. The Balaban J connectivity index is 1.68. The van der Waals surface area contributed by atoms with Crippen LogP contribution < -0.4 is 20.6 Å². The maximum Gasteiger partial charge on any atom is 0.469 e. The third-order valence-corrected chi connectivity index (χ3v) is 6.17. The molecule has 15 nitrogen and oxygen atoms in total. The molecule has 16 heteroatoms. The highest BCUT2D eigenvalue weighted by Crippen LogP contribution is 2.46. The van der Waals surface area contributed by atoms with E-state index in [2.05, 4.69) is 24.7 Å². The monoisotopic (exact) mass is 510 g/mol. The Labute approximate surface area is 199 Å². The van der Waals surface area contributed by atoms with Crippen LogP contribution in [0, 0.1) is 0 Å². The van der Waals surface area contributed by atoms with Gasteiger partial charge in [-0.25, -0.2) is 9.55 Å². The molecule has 1 aromatic heterocycles. The van der Waals surface area contributed by atoms with E-state index in [0.29, 0.717) is 5.69 Å². The first kappa shape index (κ1) is 25.2. The molecule has 4 rings (SSSR count). The van der Waals surface area contributed by atoms with Gasteiger partial charge in [0.05, 0.1) is 18.0 Å². The summed E-state index contributed by atoms with van der Waals surface area (Å²) in [5.74, 6) is -1.03.